The number of carbonyl (C=O) groups excluding carboxylic acids is 2. The molecule has 1 aliphatic carbocycles. The summed E-state index contributed by atoms with van der Waals surface area (Å²) in [5, 5.41) is 11.0. The van der Waals surface area contributed by atoms with Crippen molar-refractivity contribution in [1.82, 2.24) is 4.90 Å². The van der Waals surface area contributed by atoms with Crippen molar-refractivity contribution in [1.29, 1.82) is 0 Å². The van der Waals surface area contributed by atoms with Crippen LogP contribution >= 0.6 is 11.3 Å². The van der Waals surface area contributed by atoms with Crippen molar-refractivity contribution < 1.29 is 14.7 Å². The van der Waals surface area contributed by atoms with Crippen molar-refractivity contribution >= 4 is 33.1 Å². The van der Waals surface area contributed by atoms with Gasteiger partial charge in [-0.05, 0) is 74.1 Å². The summed E-state index contributed by atoms with van der Waals surface area (Å²) in [6.45, 7) is 4.09. The van der Waals surface area contributed by atoms with E-state index in [-0.39, 0.29) is 17.4 Å². The van der Waals surface area contributed by atoms with Gasteiger partial charge in [-0.25, -0.2) is 0 Å². The van der Waals surface area contributed by atoms with E-state index in [4.69, 9.17) is 0 Å². The molecule has 2 aliphatic rings. The molecule has 5 heteroatoms. The summed E-state index contributed by atoms with van der Waals surface area (Å²) in [7, 11) is 0. The van der Waals surface area contributed by atoms with Crippen molar-refractivity contribution in [3.05, 3.63) is 64.0 Å². The molecule has 2 fully saturated rings. The van der Waals surface area contributed by atoms with Gasteiger partial charge < -0.3 is 10.0 Å². The minimum absolute atomic E-state index is 0.0612. The molecule has 1 aromatic heterocycles. The van der Waals surface area contributed by atoms with Crippen molar-refractivity contribution in [2.75, 3.05) is 13.1 Å². The molecule has 2 unspecified atom stereocenters. The molecule has 4 nitrogen and oxygen atoms in total. The second kappa shape index (κ2) is 10.5. The van der Waals surface area contributed by atoms with Crippen LogP contribution in [0.3, 0.4) is 0 Å². The Bertz CT molecular complexity index is 1210. The zero-order chi connectivity index (χ0) is 24.4. The van der Waals surface area contributed by atoms with Gasteiger partial charge in [-0.1, -0.05) is 44.0 Å². The molecule has 184 valence electrons. The number of hydrogen-bond acceptors (Lipinski definition) is 4. The molecule has 1 N–H and O–H groups in total. The fraction of sp³-hybridized carbons (Fsp3) is 0.467. The highest BCUT2D eigenvalue weighted by Crippen LogP contribution is 2.45. The van der Waals surface area contributed by atoms with Crippen LogP contribution in [0.15, 0.2) is 42.5 Å². The molecule has 3 aromatic rings. The second-order valence-electron chi connectivity index (χ2n) is 10.5. The fourth-order valence-electron chi connectivity index (χ4n) is 5.82. The lowest BCUT2D eigenvalue weighted by Gasteiger charge is -2.26. The van der Waals surface area contributed by atoms with Crippen LogP contribution in [0.1, 0.15) is 90.6 Å². The van der Waals surface area contributed by atoms with Crippen LogP contribution in [0.4, 0.5) is 0 Å². The third kappa shape index (κ3) is 5.30. The minimum atomic E-state index is 0.0612. The Hall–Kier alpha value is -2.66. The Labute approximate surface area is 212 Å². The van der Waals surface area contributed by atoms with Crippen LogP contribution in [-0.4, -0.2) is 34.8 Å². The van der Waals surface area contributed by atoms with E-state index in [1.54, 1.807) is 23.5 Å². The average Bonchev–Trinajstić information content (AvgIpc) is 3.26. The number of phenolic OH excluding ortho intramolecular Hbond substituents is 1. The molecule has 0 bridgehead atoms. The van der Waals surface area contributed by atoms with Crippen LogP contribution in [0.25, 0.3) is 10.1 Å². The smallest absolute Gasteiger partial charge is 0.222 e. The summed E-state index contributed by atoms with van der Waals surface area (Å²) in [5.41, 5.74) is 2.60. The molecule has 1 amide bonds. The van der Waals surface area contributed by atoms with Crippen LogP contribution in [0, 0.1) is 5.92 Å². The largest absolute Gasteiger partial charge is 0.508 e. The zero-order valence-corrected chi connectivity index (χ0v) is 21.4. The zero-order valence-electron chi connectivity index (χ0n) is 20.6. The quantitative estimate of drug-likeness (QED) is 0.377. The number of phenols is 1. The number of rotatable bonds is 6. The molecule has 0 spiro atoms. The van der Waals surface area contributed by atoms with Gasteiger partial charge in [0.2, 0.25) is 5.91 Å². The number of amides is 1. The number of carbonyl (C=O) groups is 2. The third-order valence-corrected chi connectivity index (χ3v) is 9.10. The fourth-order valence-corrected chi connectivity index (χ4v) is 7.20. The number of thiophene rings is 1. The first-order chi connectivity index (χ1) is 17.0. The highest BCUT2D eigenvalue weighted by Gasteiger charge is 2.29. The van der Waals surface area contributed by atoms with Crippen molar-refractivity contribution in [3.8, 4) is 5.75 Å². The first kappa shape index (κ1) is 24.1. The van der Waals surface area contributed by atoms with Crippen LogP contribution < -0.4 is 0 Å². The number of ketones is 1. The molecule has 1 aliphatic heterocycles. The molecular weight excluding hydrogens is 454 g/mol. The second-order valence-corrected chi connectivity index (χ2v) is 11.5. The molecule has 0 radical (unpaired) electrons. The highest BCUT2D eigenvalue weighted by molar-refractivity contribution is 7.19. The van der Waals surface area contributed by atoms with Gasteiger partial charge in [-0.3, -0.25) is 9.59 Å². The predicted molar refractivity (Wildman–Crippen MR) is 142 cm³/mol. The number of nitrogens with zero attached hydrogens (tertiary/aromatic N) is 1. The van der Waals surface area contributed by atoms with Gasteiger partial charge in [0.25, 0.3) is 0 Å². The molecular formula is C30H35NO3S. The molecule has 2 heterocycles. The van der Waals surface area contributed by atoms with E-state index in [2.05, 4.69) is 6.92 Å². The highest BCUT2D eigenvalue weighted by atomic mass is 32.1. The van der Waals surface area contributed by atoms with E-state index in [0.29, 0.717) is 30.2 Å². The Morgan fingerprint density at radius 1 is 1.00 bits per heavy atom. The van der Waals surface area contributed by atoms with Gasteiger partial charge >= 0.3 is 0 Å². The number of aromatic hydroxyl groups is 1. The molecule has 5 rings (SSSR count). The standard InChI is InChI=1S/C30H35NO3S/c1-20-6-5-7-23(18-20)30-28(25-14-13-24(32)19-26(25)35-30)29(34)22-11-8-21(9-12-22)10-15-27(33)31-16-3-2-4-17-31/h8-9,11-14,19-20,23,32H,2-7,10,15-18H2,1H3. The molecule has 1 saturated carbocycles. The number of fused-ring (bicyclic) bond motifs is 1. The van der Waals surface area contributed by atoms with Crippen LogP contribution in [0.5, 0.6) is 5.75 Å². The maximum absolute atomic E-state index is 13.8. The number of likely N-dealkylation sites (tertiary alicyclic amines) is 1. The number of aryl methyl sites for hydroxylation is 1. The maximum Gasteiger partial charge on any atom is 0.222 e. The van der Waals surface area contributed by atoms with Gasteiger partial charge in [-0.2, -0.15) is 0 Å². The third-order valence-electron chi connectivity index (χ3n) is 7.79. The van der Waals surface area contributed by atoms with E-state index in [1.807, 2.05) is 35.2 Å². The Kier molecular flexibility index (Phi) is 7.24. The lowest BCUT2D eigenvalue weighted by atomic mass is 9.80. The topological polar surface area (TPSA) is 57.6 Å². The number of hydrogen-bond donors (Lipinski definition) is 1. The summed E-state index contributed by atoms with van der Waals surface area (Å²) in [6.07, 6.45) is 9.36. The summed E-state index contributed by atoms with van der Waals surface area (Å²) in [5.74, 6) is 1.61. The lowest BCUT2D eigenvalue weighted by Crippen LogP contribution is -2.35. The average molecular weight is 490 g/mol. The van der Waals surface area contributed by atoms with E-state index in [1.165, 1.54) is 24.1 Å². The summed E-state index contributed by atoms with van der Waals surface area (Å²) in [4.78, 5) is 29.5. The first-order valence-electron chi connectivity index (χ1n) is 13.2. The molecule has 2 aromatic carbocycles. The Morgan fingerprint density at radius 2 is 1.77 bits per heavy atom. The molecule has 35 heavy (non-hydrogen) atoms. The number of piperidine rings is 1. The van der Waals surface area contributed by atoms with Crippen molar-refractivity contribution in [2.45, 2.75) is 70.6 Å². The van der Waals surface area contributed by atoms with Gasteiger partial charge in [-0.15, -0.1) is 11.3 Å². The predicted octanol–water partition coefficient (Wildman–Crippen LogP) is 7.08. The Balaban J connectivity index is 1.36. The molecule has 1 saturated heterocycles. The number of benzene rings is 2. The lowest BCUT2D eigenvalue weighted by molar-refractivity contribution is -0.132. The van der Waals surface area contributed by atoms with Gasteiger partial charge in [0.1, 0.15) is 5.75 Å². The van der Waals surface area contributed by atoms with Gasteiger partial charge in [0.15, 0.2) is 5.78 Å². The van der Waals surface area contributed by atoms with E-state index in [0.717, 1.165) is 60.0 Å². The van der Waals surface area contributed by atoms with E-state index >= 15 is 0 Å². The molecule has 2 atom stereocenters. The van der Waals surface area contributed by atoms with Gasteiger partial charge in [0, 0.05) is 45.6 Å². The van der Waals surface area contributed by atoms with E-state index in [9.17, 15) is 14.7 Å². The van der Waals surface area contributed by atoms with Crippen LogP contribution in [-0.2, 0) is 11.2 Å². The van der Waals surface area contributed by atoms with Gasteiger partial charge in [0.05, 0.1) is 0 Å². The maximum atomic E-state index is 13.8. The first-order valence-corrected chi connectivity index (χ1v) is 14.0. The van der Waals surface area contributed by atoms with Crippen molar-refractivity contribution in [2.24, 2.45) is 5.92 Å². The van der Waals surface area contributed by atoms with E-state index < -0.39 is 0 Å². The SMILES string of the molecule is CC1CCCC(c2sc3cc(O)ccc3c2C(=O)c2ccc(CCC(=O)N3CCCCC3)cc2)C1. The summed E-state index contributed by atoms with van der Waals surface area (Å²) >= 11 is 1.67. The Morgan fingerprint density at radius 3 is 2.51 bits per heavy atom. The van der Waals surface area contributed by atoms with Crippen molar-refractivity contribution in [3.63, 3.8) is 0 Å². The monoisotopic (exact) mass is 489 g/mol. The van der Waals surface area contributed by atoms with Crippen LogP contribution in [0.2, 0.25) is 0 Å². The minimum Gasteiger partial charge on any atom is -0.508 e. The summed E-state index contributed by atoms with van der Waals surface area (Å²) in [6, 6.07) is 13.2. The normalized spacial score (nSPS) is 20.8. The summed E-state index contributed by atoms with van der Waals surface area (Å²) < 4.78 is 0.981.